The first-order chi connectivity index (χ1) is 17.7. The normalized spacial score (nSPS) is 17.7. The van der Waals surface area contributed by atoms with Crippen LogP contribution in [0.25, 0.3) is 26.0 Å². The monoisotopic (exact) mass is 594 g/mol. The van der Waals surface area contributed by atoms with Gasteiger partial charge in [0.15, 0.2) is 22.4 Å². The van der Waals surface area contributed by atoms with Gasteiger partial charge in [-0.1, -0.05) is 12.1 Å². The summed E-state index contributed by atoms with van der Waals surface area (Å²) >= 11 is 6.76. The Morgan fingerprint density at radius 2 is 1.34 bits per heavy atom. The molecule has 0 spiro atoms. The Balaban J connectivity index is 0.000000254. The number of thiazole rings is 2. The number of hydrogen-bond donors (Lipinski definition) is 1. The smallest absolute Gasteiger partial charge is 1.00 e. The SMILES string of the molecule is NCC1(c2nc(-c3cccs3)cs2)CCOCC1.[AlH3].[C-]#[N+]C1(c2nc(-c3cccs3)cs2)CCOCC1.[H-].[Li+]. The van der Waals surface area contributed by atoms with Gasteiger partial charge in [-0.25, -0.2) is 16.5 Å². The van der Waals surface area contributed by atoms with E-state index in [-0.39, 0.29) is 43.1 Å². The summed E-state index contributed by atoms with van der Waals surface area (Å²) in [5.41, 5.74) is 7.69. The molecule has 2 saturated heterocycles. The molecule has 6 heterocycles. The van der Waals surface area contributed by atoms with Gasteiger partial charge in [0.25, 0.3) is 5.54 Å². The predicted octanol–water partition coefficient (Wildman–Crippen LogP) is 2.61. The summed E-state index contributed by atoms with van der Waals surface area (Å²) in [6.45, 7) is 11.1. The van der Waals surface area contributed by atoms with Crippen molar-refractivity contribution in [1.82, 2.24) is 9.97 Å². The van der Waals surface area contributed by atoms with Crippen molar-refractivity contribution < 1.29 is 29.8 Å². The second kappa shape index (κ2) is 14.7. The molecule has 0 aromatic carbocycles. The van der Waals surface area contributed by atoms with Crippen LogP contribution in [0.5, 0.6) is 0 Å². The van der Waals surface area contributed by atoms with Crippen LogP contribution in [0.1, 0.15) is 37.1 Å². The van der Waals surface area contributed by atoms with Gasteiger partial charge >= 0.3 is 18.9 Å². The Kier molecular flexibility index (Phi) is 12.3. The Labute approximate surface area is 264 Å². The summed E-state index contributed by atoms with van der Waals surface area (Å²) < 4.78 is 10.8. The molecular weight excluding hydrogens is 563 g/mol. The first-order valence-corrected chi connectivity index (χ1v) is 15.4. The quantitative estimate of drug-likeness (QED) is 0.284. The van der Waals surface area contributed by atoms with Gasteiger partial charge in [0.1, 0.15) is 5.01 Å². The molecule has 0 bridgehead atoms. The van der Waals surface area contributed by atoms with Gasteiger partial charge < -0.3 is 21.5 Å². The fraction of sp³-hybridized carbons (Fsp3) is 0.423. The summed E-state index contributed by atoms with van der Waals surface area (Å²) in [4.78, 5) is 15.8. The zero-order valence-electron chi connectivity index (χ0n) is 21.9. The number of rotatable bonds is 5. The van der Waals surface area contributed by atoms with Crippen LogP contribution in [0.2, 0.25) is 0 Å². The summed E-state index contributed by atoms with van der Waals surface area (Å²) in [6, 6.07) is 8.27. The van der Waals surface area contributed by atoms with Crippen molar-refractivity contribution >= 4 is 62.7 Å². The minimum atomic E-state index is -0.446. The average Bonchev–Trinajstić information content (AvgIpc) is 3.76. The van der Waals surface area contributed by atoms with Crippen LogP contribution in [0, 0.1) is 6.57 Å². The van der Waals surface area contributed by atoms with Crippen molar-refractivity contribution in [2.24, 2.45) is 5.73 Å². The summed E-state index contributed by atoms with van der Waals surface area (Å²) in [7, 11) is 0. The van der Waals surface area contributed by atoms with Crippen LogP contribution in [0.15, 0.2) is 45.8 Å². The zero-order chi connectivity index (χ0) is 24.8. The van der Waals surface area contributed by atoms with E-state index >= 15 is 0 Å². The van der Waals surface area contributed by atoms with Crippen molar-refractivity contribution in [2.75, 3.05) is 33.0 Å². The van der Waals surface area contributed by atoms with Gasteiger partial charge in [-0.05, 0) is 35.7 Å². The van der Waals surface area contributed by atoms with E-state index in [4.69, 9.17) is 26.8 Å². The Morgan fingerprint density at radius 3 is 1.82 bits per heavy atom. The second-order valence-electron chi connectivity index (χ2n) is 8.88. The number of aromatic nitrogens is 2. The standard InChI is InChI=1S/C13H12N2OS2.C13H16N2OS2.Al.Li.4H/c1-14-13(4-6-16-7-5-13)12-15-10(9-18-12)11-3-2-8-17-11;14-9-13(3-5-16-6-4-13)12-15-10(8-18-12)11-2-1-7-17-11;;;;;;/h2-3,8-9H,4-7H2;1-2,7-8H,3-6,9,14H2;;;;;;/q;;;+1;;;;-1. The predicted molar refractivity (Wildman–Crippen MR) is 161 cm³/mol. The first kappa shape index (κ1) is 31.7. The molecular formula is C26H32AlLiN4O2S4. The Morgan fingerprint density at radius 1 is 0.842 bits per heavy atom. The van der Waals surface area contributed by atoms with E-state index in [1.54, 1.807) is 45.3 Å². The molecule has 4 aromatic rings. The van der Waals surface area contributed by atoms with Crippen molar-refractivity contribution in [1.29, 1.82) is 0 Å². The fourth-order valence-corrected chi connectivity index (χ4v) is 8.07. The second-order valence-corrected chi connectivity index (χ2v) is 12.5. The zero-order valence-corrected chi connectivity index (χ0v) is 24.1. The minimum absolute atomic E-state index is 0. The molecule has 0 aliphatic carbocycles. The summed E-state index contributed by atoms with van der Waals surface area (Å²) in [5, 5.41) is 10.5. The van der Waals surface area contributed by atoms with Crippen molar-refractivity contribution in [2.45, 2.75) is 36.6 Å². The van der Waals surface area contributed by atoms with Gasteiger partial charge in [-0.15, -0.1) is 45.3 Å². The molecule has 2 fully saturated rings. The summed E-state index contributed by atoms with van der Waals surface area (Å²) in [6.07, 6.45) is 3.49. The fourth-order valence-electron chi connectivity index (χ4n) is 4.43. The van der Waals surface area contributed by atoms with Crippen LogP contribution in [0.3, 0.4) is 0 Å². The minimum Gasteiger partial charge on any atom is -1.00 e. The molecule has 38 heavy (non-hydrogen) atoms. The molecule has 6 rings (SSSR count). The molecule has 12 heteroatoms. The summed E-state index contributed by atoms with van der Waals surface area (Å²) in [5.74, 6) is 0. The van der Waals surface area contributed by atoms with Gasteiger partial charge in [0, 0.05) is 35.9 Å². The van der Waals surface area contributed by atoms with E-state index in [0.29, 0.717) is 19.8 Å². The van der Waals surface area contributed by atoms with Gasteiger partial charge in [-0.2, -0.15) is 0 Å². The number of nitrogens with two attached hydrogens (primary N) is 1. The van der Waals surface area contributed by atoms with Crippen molar-refractivity contribution in [3.05, 3.63) is 67.2 Å². The van der Waals surface area contributed by atoms with E-state index in [2.05, 4.69) is 44.2 Å². The maximum absolute atomic E-state index is 7.51. The van der Waals surface area contributed by atoms with Gasteiger partial charge in [0.2, 0.25) is 0 Å². The third kappa shape index (κ3) is 6.89. The molecule has 196 valence electrons. The molecule has 0 amide bonds. The maximum Gasteiger partial charge on any atom is 1.00 e. The van der Waals surface area contributed by atoms with Crippen LogP contribution in [0.4, 0.5) is 0 Å². The molecule has 2 N–H and O–H groups in total. The van der Waals surface area contributed by atoms with Crippen LogP contribution < -0.4 is 24.6 Å². The first-order valence-electron chi connectivity index (χ1n) is 11.9. The van der Waals surface area contributed by atoms with Crippen LogP contribution in [-0.2, 0) is 20.4 Å². The van der Waals surface area contributed by atoms with E-state index in [0.717, 1.165) is 55.3 Å². The molecule has 4 aromatic heterocycles. The molecule has 6 nitrogen and oxygen atoms in total. The van der Waals surface area contributed by atoms with Crippen molar-refractivity contribution in [3.63, 3.8) is 0 Å². The Bertz CT molecular complexity index is 1280. The van der Waals surface area contributed by atoms with Crippen LogP contribution >= 0.6 is 45.3 Å². The third-order valence-corrected chi connectivity index (χ3v) is 10.7. The molecule has 0 radical (unpaired) electrons. The van der Waals surface area contributed by atoms with E-state index in [1.807, 2.05) is 11.4 Å². The van der Waals surface area contributed by atoms with Crippen LogP contribution in [-0.4, -0.2) is 60.3 Å². The van der Waals surface area contributed by atoms with E-state index in [9.17, 15) is 0 Å². The Hall–Kier alpha value is -0.840. The number of ether oxygens (including phenoxy) is 2. The molecule has 0 atom stereocenters. The van der Waals surface area contributed by atoms with E-state index in [1.165, 1.54) is 14.8 Å². The van der Waals surface area contributed by atoms with Gasteiger partial charge in [0.05, 0.1) is 47.2 Å². The largest absolute Gasteiger partial charge is 1.00 e. The molecule has 0 unspecified atom stereocenters. The topological polar surface area (TPSA) is 74.6 Å². The number of nitrogens with zero attached hydrogens (tertiary/aromatic N) is 3. The van der Waals surface area contributed by atoms with E-state index < -0.39 is 5.54 Å². The number of hydrogen-bond acceptors (Lipinski definition) is 9. The van der Waals surface area contributed by atoms with Crippen molar-refractivity contribution in [3.8, 4) is 21.1 Å². The molecule has 2 aliphatic heterocycles. The van der Waals surface area contributed by atoms with Gasteiger partial charge in [-0.3, -0.25) is 0 Å². The number of thiophene rings is 2. The third-order valence-electron chi connectivity index (χ3n) is 6.78. The average molecular weight is 595 g/mol. The maximum atomic E-state index is 7.51. The molecule has 0 saturated carbocycles. The molecule has 2 aliphatic rings.